The molecule has 2 fully saturated rings. The molecule has 2 aliphatic heterocycles. The summed E-state index contributed by atoms with van der Waals surface area (Å²) < 4.78 is 5.84. The smallest absolute Gasteiger partial charge is 0.0707 e. The van der Waals surface area contributed by atoms with Crippen molar-refractivity contribution in [3.05, 3.63) is 0 Å². The zero-order valence-electron chi connectivity index (χ0n) is 10.0. The number of hydrogen-bond donors (Lipinski definition) is 1. The Balaban J connectivity index is 1.78. The van der Waals surface area contributed by atoms with Crippen LogP contribution in [0.2, 0.25) is 0 Å². The Morgan fingerprint density at radius 2 is 2.00 bits per heavy atom. The molecule has 0 spiro atoms. The van der Waals surface area contributed by atoms with Gasteiger partial charge in [-0.05, 0) is 26.3 Å². The standard InChI is InChI=1S/C12H24N2O/c1-3-4-10(13-2)7-14-8-11-5-6-12(9-14)15-11/h10-13H,3-9H2,1-2H3. The zero-order valence-corrected chi connectivity index (χ0v) is 10.0. The Kier molecular flexibility index (Phi) is 4.00. The van der Waals surface area contributed by atoms with Crippen molar-refractivity contribution in [3.8, 4) is 0 Å². The van der Waals surface area contributed by atoms with Crippen LogP contribution in [0.4, 0.5) is 0 Å². The van der Waals surface area contributed by atoms with Gasteiger partial charge in [0.2, 0.25) is 0 Å². The van der Waals surface area contributed by atoms with Gasteiger partial charge in [-0.3, -0.25) is 4.90 Å². The van der Waals surface area contributed by atoms with E-state index in [0.29, 0.717) is 18.2 Å². The predicted molar refractivity (Wildman–Crippen MR) is 62.1 cm³/mol. The molecule has 1 N–H and O–H groups in total. The van der Waals surface area contributed by atoms with Gasteiger partial charge in [0.25, 0.3) is 0 Å². The lowest BCUT2D eigenvalue weighted by Gasteiger charge is -2.34. The largest absolute Gasteiger partial charge is 0.372 e. The maximum atomic E-state index is 5.84. The number of morpholine rings is 1. The third-order valence-electron chi connectivity index (χ3n) is 3.64. The van der Waals surface area contributed by atoms with Crippen LogP contribution in [0.1, 0.15) is 32.6 Å². The number of hydrogen-bond acceptors (Lipinski definition) is 3. The van der Waals surface area contributed by atoms with E-state index in [0.717, 1.165) is 13.1 Å². The second kappa shape index (κ2) is 5.28. The molecule has 3 unspecified atom stereocenters. The highest BCUT2D eigenvalue weighted by Gasteiger charge is 2.33. The van der Waals surface area contributed by atoms with E-state index in [9.17, 15) is 0 Å². The van der Waals surface area contributed by atoms with Gasteiger partial charge in [-0.15, -0.1) is 0 Å². The molecule has 0 saturated carbocycles. The average molecular weight is 212 g/mol. The number of nitrogens with zero attached hydrogens (tertiary/aromatic N) is 1. The molecule has 3 atom stereocenters. The summed E-state index contributed by atoms with van der Waals surface area (Å²) in [6.07, 6.45) is 6.16. The number of fused-ring (bicyclic) bond motifs is 2. The van der Waals surface area contributed by atoms with E-state index in [2.05, 4.69) is 24.2 Å². The van der Waals surface area contributed by atoms with Gasteiger partial charge < -0.3 is 10.1 Å². The van der Waals surface area contributed by atoms with Gasteiger partial charge in [0.05, 0.1) is 12.2 Å². The maximum Gasteiger partial charge on any atom is 0.0707 e. The first-order valence-electron chi connectivity index (χ1n) is 6.37. The van der Waals surface area contributed by atoms with Crippen molar-refractivity contribution in [2.45, 2.75) is 50.9 Å². The fourth-order valence-corrected chi connectivity index (χ4v) is 2.84. The van der Waals surface area contributed by atoms with Crippen molar-refractivity contribution in [3.63, 3.8) is 0 Å². The average Bonchev–Trinajstić information content (AvgIpc) is 2.57. The van der Waals surface area contributed by atoms with E-state index < -0.39 is 0 Å². The molecule has 0 aliphatic carbocycles. The SMILES string of the molecule is CCCC(CN1CC2CCC(C1)O2)NC. The summed E-state index contributed by atoms with van der Waals surface area (Å²) in [4.78, 5) is 2.59. The lowest BCUT2D eigenvalue weighted by atomic mass is 10.1. The van der Waals surface area contributed by atoms with E-state index in [1.54, 1.807) is 0 Å². The number of nitrogens with one attached hydrogen (secondary N) is 1. The van der Waals surface area contributed by atoms with Crippen LogP contribution in [0.25, 0.3) is 0 Å². The molecule has 2 saturated heterocycles. The van der Waals surface area contributed by atoms with Gasteiger partial charge in [-0.2, -0.15) is 0 Å². The lowest BCUT2D eigenvalue weighted by Crippen LogP contribution is -2.48. The first kappa shape index (κ1) is 11.4. The highest BCUT2D eigenvalue weighted by atomic mass is 16.5. The van der Waals surface area contributed by atoms with Gasteiger partial charge in [0, 0.05) is 25.7 Å². The van der Waals surface area contributed by atoms with Crippen molar-refractivity contribution in [2.24, 2.45) is 0 Å². The molecule has 0 aromatic rings. The second-order valence-electron chi connectivity index (χ2n) is 4.95. The Bertz CT molecular complexity index is 186. The van der Waals surface area contributed by atoms with E-state index in [-0.39, 0.29) is 0 Å². The molecular weight excluding hydrogens is 188 g/mol. The number of rotatable bonds is 5. The first-order valence-corrected chi connectivity index (χ1v) is 6.37. The van der Waals surface area contributed by atoms with Crippen LogP contribution < -0.4 is 5.32 Å². The van der Waals surface area contributed by atoms with Crippen LogP contribution in [-0.4, -0.2) is 49.8 Å². The molecule has 2 bridgehead atoms. The number of likely N-dealkylation sites (N-methyl/N-ethyl adjacent to an activating group) is 1. The Labute approximate surface area is 93.2 Å². The molecule has 15 heavy (non-hydrogen) atoms. The van der Waals surface area contributed by atoms with Crippen LogP contribution in [0.15, 0.2) is 0 Å². The summed E-state index contributed by atoms with van der Waals surface area (Å²) in [6, 6.07) is 0.660. The molecule has 2 aliphatic rings. The highest BCUT2D eigenvalue weighted by molar-refractivity contribution is 4.86. The molecule has 88 valence electrons. The molecule has 0 aromatic heterocycles. The van der Waals surface area contributed by atoms with E-state index in [4.69, 9.17) is 4.74 Å². The normalized spacial score (nSPS) is 33.2. The summed E-state index contributed by atoms with van der Waals surface area (Å²) in [7, 11) is 2.08. The van der Waals surface area contributed by atoms with Crippen LogP contribution in [0.5, 0.6) is 0 Å². The summed E-state index contributed by atoms with van der Waals surface area (Å²) in [6.45, 7) is 5.75. The van der Waals surface area contributed by atoms with Crippen molar-refractivity contribution in [2.75, 3.05) is 26.7 Å². The van der Waals surface area contributed by atoms with E-state index >= 15 is 0 Å². The summed E-state index contributed by atoms with van der Waals surface area (Å²) in [5, 5.41) is 3.42. The molecular formula is C12H24N2O. The molecule has 2 heterocycles. The van der Waals surface area contributed by atoms with Crippen molar-refractivity contribution in [1.29, 1.82) is 0 Å². The van der Waals surface area contributed by atoms with Crippen LogP contribution in [-0.2, 0) is 4.74 Å². The summed E-state index contributed by atoms with van der Waals surface area (Å²) >= 11 is 0. The summed E-state index contributed by atoms with van der Waals surface area (Å²) in [5.74, 6) is 0. The minimum absolute atomic E-state index is 0.530. The van der Waals surface area contributed by atoms with Gasteiger partial charge in [0.1, 0.15) is 0 Å². The van der Waals surface area contributed by atoms with Gasteiger partial charge in [-0.1, -0.05) is 13.3 Å². The maximum absolute atomic E-state index is 5.84. The van der Waals surface area contributed by atoms with Crippen molar-refractivity contribution < 1.29 is 4.74 Å². The van der Waals surface area contributed by atoms with Gasteiger partial charge in [-0.25, -0.2) is 0 Å². The molecule has 3 nitrogen and oxygen atoms in total. The van der Waals surface area contributed by atoms with E-state index in [1.807, 2.05) is 0 Å². The van der Waals surface area contributed by atoms with Crippen molar-refractivity contribution in [1.82, 2.24) is 10.2 Å². The van der Waals surface area contributed by atoms with Crippen LogP contribution in [0, 0.1) is 0 Å². The first-order chi connectivity index (χ1) is 7.31. The fourth-order valence-electron chi connectivity index (χ4n) is 2.84. The fraction of sp³-hybridized carbons (Fsp3) is 1.00. The van der Waals surface area contributed by atoms with E-state index in [1.165, 1.54) is 32.2 Å². The molecule has 0 amide bonds. The molecule has 0 radical (unpaired) electrons. The monoisotopic (exact) mass is 212 g/mol. The molecule has 0 aromatic carbocycles. The quantitative estimate of drug-likeness (QED) is 0.742. The zero-order chi connectivity index (χ0) is 10.7. The third kappa shape index (κ3) is 2.92. The third-order valence-corrected chi connectivity index (χ3v) is 3.64. The minimum Gasteiger partial charge on any atom is -0.372 e. The Hall–Kier alpha value is -0.120. The predicted octanol–water partition coefficient (Wildman–Crippen LogP) is 1.24. The van der Waals surface area contributed by atoms with Gasteiger partial charge in [0.15, 0.2) is 0 Å². The summed E-state index contributed by atoms with van der Waals surface area (Å²) in [5.41, 5.74) is 0. The Morgan fingerprint density at radius 1 is 1.33 bits per heavy atom. The highest BCUT2D eigenvalue weighted by Crippen LogP contribution is 2.26. The van der Waals surface area contributed by atoms with Crippen LogP contribution >= 0.6 is 0 Å². The minimum atomic E-state index is 0.530. The number of ether oxygens (including phenoxy) is 1. The molecule has 2 rings (SSSR count). The lowest BCUT2D eigenvalue weighted by molar-refractivity contribution is -0.0406. The Morgan fingerprint density at radius 3 is 2.53 bits per heavy atom. The van der Waals surface area contributed by atoms with Crippen LogP contribution in [0.3, 0.4) is 0 Å². The second-order valence-corrected chi connectivity index (χ2v) is 4.95. The molecule has 3 heteroatoms. The topological polar surface area (TPSA) is 24.5 Å². The number of likely N-dealkylation sites (tertiary alicyclic amines) is 1. The van der Waals surface area contributed by atoms with Crippen molar-refractivity contribution >= 4 is 0 Å². The van der Waals surface area contributed by atoms with Gasteiger partial charge >= 0.3 is 0 Å².